The van der Waals surface area contributed by atoms with Gasteiger partial charge in [0.2, 0.25) is 0 Å². The van der Waals surface area contributed by atoms with Gasteiger partial charge in [-0.25, -0.2) is 12.8 Å². The zero-order chi connectivity index (χ0) is 22.6. The SMILES string of the molecule is CS(=O)(=O)CCn1nc(-c2nc(C3(c4ccc(F)cc4Cl)CC3)no2)cc1C(F)(F)F. The molecule has 1 saturated carbocycles. The molecule has 0 spiro atoms. The molecule has 13 heteroatoms. The maximum absolute atomic E-state index is 13.4. The van der Waals surface area contributed by atoms with Crippen LogP contribution in [-0.2, 0) is 28.0 Å². The summed E-state index contributed by atoms with van der Waals surface area (Å²) in [6.07, 6.45) is -2.63. The van der Waals surface area contributed by atoms with Crippen molar-refractivity contribution in [2.24, 2.45) is 0 Å². The highest BCUT2D eigenvalue weighted by Gasteiger charge is 2.51. The van der Waals surface area contributed by atoms with E-state index in [-0.39, 0.29) is 22.4 Å². The number of hydrogen-bond acceptors (Lipinski definition) is 6. The number of benzene rings is 1. The molecule has 0 atom stereocenters. The first-order valence-electron chi connectivity index (χ1n) is 9.02. The molecule has 2 aromatic heterocycles. The molecule has 31 heavy (non-hydrogen) atoms. The molecular weight excluding hydrogens is 464 g/mol. The van der Waals surface area contributed by atoms with Gasteiger partial charge in [-0.2, -0.15) is 23.3 Å². The van der Waals surface area contributed by atoms with E-state index in [2.05, 4.69) is 15.2 Å². The van der Waals surface area contributed by atoms with Crippen LogP contribution in [0.4, 0.5) is 17.6 Å². The molecule has 0 bridgehead atoms. The topological polar surface area (TPSA) is 90.9 Å². The van der Waals surface area contributed by atoms with Crippen molar-refractivity contribution < 1.29 is 30.5 Å². The summed E-state index contributed by atoms with van der Waals surface area (Å²) in [6, 6.07) is 4.66. The lowest BCUT2D eigenvalue weighted by molar-refractivity contribution is -0.144. The Morgan fingerprint density at radius 3 is 2.55 bits per heavy atom. The Labute approximate surface area is 178 Å². The number of hydrogen-bond donors (Lipinski definition) is 0. The molecule has 0 saturated heterocycles. The summed E-state index contributed by atoms with van der Waals surface area (Å²) >= 11 is 6.16. The van der Waals surface area contributed by atoms with Crippen molar-refractivity contribution in [3.63, 3.8) is 0 Å². The van der Waals surface area contributed by atoms with E-state index < -0.39 is 45.2 Å². The van der Waals surface area contributed by atoms with Crippen LogP contribution in [0.3, 0.4) is 0 Å². The first-order valence-corrected chi connectivity index (χ1v) is 11.5. The highest BCUT2D eigenvalue weighted by atomic mass is 35.5. The van der Waals surface area contributed by atoms with Crippen LogP contribution >= 0.6 is 11.6 Å². The smallest absolute Gasteiger partial charge is 0.332 e. The van der Waals surface area contributed by atoms with Crippen molar-refractivity contribution in [3.8, 4) is 11.6 Å². The van der Waals surface area contributed by atoms with E-state index in [0.29, 0.717) is 23.1 Å². The van der Waals surface area contributed by atoms with Crippen LogP contribution in [0.5, 0.6) is 0 Å². The van der Waals surface area contributed by atoms with Gasteiger partial charge < -0.3 is 4.52 Å². The van der Waals surface area contributed by atoms with E-state index in [4.69, 9.17) is 16.1 Å². The van der Waals surface area contributed by atoms with E-state index in [9.17, 15) is 26.0 Å². The molecule has 7 nitrogen and oxygen atoms in total. The van der Waals surface area contributed by atoms with Gasteiger partial charge in [-0.1, -0.05) is 22.8 Å². The molecule has 0 amide bonds. The Morgan fingerprint density at radius 2 is 1.97 bits per heavy atom. The lowest BCUT2D eigenvalue weighted by atomic mass is 9.95. The van der Waals surface area contributed by atoms with Gasteiger partial charge in [0.1, 0.15) is 21.3 Å². The van der Waals surface area contributed by atoms with Gasteiger partial charge in [-0.05, 0) is 30.5 Å². The Kier molecular flexibility index (Phi) is 5.12. The summed E-state index contributed by atoms with van der Waals surface area (Å²) in [5.74, 6) is -1.06. The predicted octanol–water partition coefficient (Wildman–Crippen LogP) is 3.87. The van der Waals surface area contributed by atoms with Crippen molar-refractivity contribution in [3.05, 3.63) is 52.2 Å². The third kappa shape index (κ3) is 4.31. The number of rotatable bonds is 6. The molecule has 2 heterocycles. The Balaban J connectivity index is 1.68. The number of sulfone groups is 1. The van der Waals surface area contributed by atoms with Crippen molar-refractivity contribution >= 4 is 21.4 Å². The van der Waals surface area contributed by atoms with Crippen LogP contribution < -0.4 is 0 Å². The van der Waals surface area contributed by atoms with E-state index in [0.717, 1.165) is 18.4 Å². The van der Waals surface area contributed by atoms with Crippen LogP contribution in [0.15, 0.2) is 28.8 Å². The third-order valence-corrected chi connectivity index (χ3v) is 6.25. The standard InChI is InChI=1S/C18H15ClF4N4O3S/c1-31(28,29)7-6-27-14(18(21,22)23)9-13(25-27)15-24-16(26-30-15)17(4-5-17)11-3-2-10(20)8-12(11)19/h2-3,8-9H,4-7H2,1H3. The molecule has 1 aliphatic rings. The number of aryl methyl sites for hydroxylation is 1. The molecular formula is C18H15ClF4N4O3S. The van der Waals surface area contributed by atoms with Crippen molar-refractivity contribution in [2.75, 3.05) is 12.0 Å². The van der Waals surface area contributed by atoms with Gasteiger partial charge in [0.25, 0.3) is 5.89 Å². The highest BCUT2D eigenvalue weighted by Crippen LogP contribution is 2.54. The van der Waals surface area contributed by atoms with Gasteiger partial charge in [0, 0.05) is 17.3 Å². The Bertz CT molecular complexity index is 1250. The van der Waals surface area contributed by atoms with Crippen LogP contribution in [-0.4, -0.2) is 40.3 Å². The molecule has 0 N–H and O–H groups in total. The average Bonchev–Trinajstić information content (AvgIpc) is 3.11. The fourth-order valence-electron chi connectivity index (χ4n) is 3.31. The first kappa shape index (κ1) is 21.8. The number of aromatic nitrogens is 4. The summed E-state index contributed by atoms with van der Waals surface area (Å²) in [6.45, 7) is -0.482. The molecule has 0 unspecified atom stereocenters. The van der Waals surface area contributed by atoms with E-state index in [1.165, 1.54) is 12.1 Å². The lowest BCUT2D eigenvalue weighted by Gasteiger charge is -2.12. The van der Waals surface area contributed by atoms with Crippen LogP contribution in [0.1, 0.15) is 29.9 Å². The zero-order valence-electron chi connectivity index (χ0n) is 15.9. The molecule has 1 aromatic carbocycles. The molecule has 0 radical (unpaired) electrons. The number of halogens is 5. The minimum atomic E-state index is -4.76. The summed E-state index contributed by atoms with van der Waals surface area (Å²) in [5, 5.41) is 7.90. The zero-order valence-corrected chi connectivity index (χ0v) is 17.5. The van der Waals surface area contributed by atoms with Gasteiger partial charge in [-0.15, -0.1) is 0 Å². The highest BCUT2D eigenvalue weighted by molar-refractivity contribution is 7.90. The van der Waals surface area contributed by atoms with Crippen LogP contribution in [0.25, 0.3) is 11.6 Å². The largest absolute Gasteiger partial charge is 0.433 e. The summed E-state index contributed by atoms with van der Waals surface area (Å²) in [4.78, 5) is 4.21. The van der Waals surface area contributed by atoms with E-state index >= 15 is 0 Å². The maximum Gasteiger partial charge on any atom is 0.433 e. The Hall–Kier alpha value is -2.47. The summed E-state index contributed by atoms with van der Waals surface area (Å²) in [5.41, 5.74) is -1.48. The minimum absolute atomic E-state index is 0.188. The second kappa shape index (κ2) is 7.30. The molecule has 3 aromatic rings. The maximum atomic E-state index is 13.4. The molecule has 1 aliphatic carbocycles. The van der Waals surface area contributed by atoms with Crippen LogP contribution in [0.2, 0.25) is 5.02 Å². The Morgan fingerprint density at radius 1 is 1.26 bits per heavy atom. The van der Waals surface area contributed by atoms with Crippen molar-refractivity contribution in [1.82, 2.24) is 19.9 Å². The van der Waals surface area contributed by atoms with Gasteiger partial charge in [0.15, 0.2) is 11.5 Å². The van der Waals surface area contributed by atoms with Crippen molar-refractivity contribution in [1.29, 1.82) is 0 Å². The average molecular weight is 479 g/mol. The van der Waals surface area contributed by atoms with Gasteiger partial charge in [-0.3, -0.25) is 4.68 Å². The van der Waals surface area contributed by atoms with E-state index in [1.54, 1.807) is 0 Å². The first-order chi connectivity index (χ1) is 14.4. The summed E-state index contributed by atoms with van der Waals surface area (Å²) < 4.78 is 81.9. The fourth-order valence-corrected chi connectivity index (χ4v) is 4.16. The normalized spacial score (nSPS) is 15.9. The van der Waals surface area contributed by atoms with E-state index in [1.807, 2.05) is 0 Å². The molecule has 1 fully saturated rings. The lowest BCUT2D eigenvalue weighted by Crippen LogP contribution is -2.19. The molecule has 166 valence electrons. The minimum Gasteiger partial charge on any atom is -0.332 e. The van der Waals surface area contributed by atoms with Crippen molar-refractivity contribution in [2.45, 2.75) is 31.0 Å². The second-order valence-corrected chi connectivity index (χ2v) is 10.1. The predicted molar refractivity (Wildman–Crippen MR) is 102 cm³/mol. The number of nitrogens with zero attached hydrogens (tertiary/aromatic N) is 4. The molecule has 0 aliphatic heterocycles. The number of alkyl halides is 3. The monoisotopic (exact) mass is 478 g/mol. The molecule has 4 rings (SSSR count). The fraction of sp³-hybridized carbons (Fsp3) is 0.389. The summed E-state index contributed by atoms with van der Waals surface area (Å²) in [7, 11) is -3.50. The van der Waals surface area contributed by atoms with Crippen LogP contribution in [0, 0.1) is 5.82 Å². The quantitative estimate of drug-likeness (QED) is 0.499. The van der Waals surface area contributed by atoms with Gasteiger partial charge in [0.05, 0.1) is 17.7 Å². The van der Waals surface area contributed by atoms with Gasteiger partial charge >= 0.3 is 6.18 Å². The second-order valence-electron chi connectivity index (χ2n) is 7.40. The third-order valence-electron chi connectivity index (χ3n) is 5.01.